The van der Waals surface area contributed by atoms with Gasteiger partial charge in [0.05, 0.1) is 42.2 Å². The molecule has 5 N–H and O–H groups in total. The van der Waals surface area contributed by atoms with Crippen LogP contribution in [-0.4, -0.2) is 143 Å². The van der Waals surface area contributed by atoms with Crippen molar-refractivity contribution in [3.05, 3.63) is 66.5 Å². The molecule has 17 nitrogen and oxygen atoms in total. The molecule has 3 aliphatic rings. The molecule has 3 aromatic rings. The Morgan fingerprint density at radius 2 is 1.55 bits per heavy atom. The quantitative estimate of drug-likeness (QED) is 0.0768. The average molecular weight is 755 g/mol. The molecule has 0 amide bonds. The van der Waals surface area contributed by atoms with E-state index in [4.69, 9.17) is 9.73 Å². The lowest BCUT2D eigenvalue weighted by Crippen LogP contribution is -2.57. The smallest absolute Gasteiger partial charge is 0.263 e. The molecule has 0 saturated carbocycles. The Bertz CT molecular complexity index is 2250. The molecule has 1 saturated heterocycles. The van der Waals surface area contributed by atoms with Gasteiger partial charge in [0.2, 0.25) is 5.88 Å². The number of hydrogen-bond donors (Lipinski definition) is 5. The second-order valence-corrected chi connectivity index (χ2v) is 15.1. The van der Waals surface area contributed by atoms with Gasteiger partial charge in [-0.25, -0.2) is 0 Å². The van der Waals surface area contributed by atoms with E-state index in [-0.39, 0.29) is 47.2 Å². The van der Waals surface area contributed by atoms with Crippen LogP contribution >= 0.6 is 11.8 Å². The Morgan fingerprint density at radius 3 is 2.23 bits per heavy atom. The maximum Gasteiger partial charge on any atom is 0.263 e. The first-order valence-electron chi connectivity index (χ1n) is 17.5. The van der Waals surface area contributed by atoms with Crippen LogP contribution in [0.2, 0.25) is 0 Å². The number of aryl methyl sites for hydroxylation is 1. The predicted octanol–water partition coefficient (Wildman–Crippen LogP) is -1.51. The van der Waals surface area contributed by atoms with Gasteiger partial charge in [-0.15, -0.1) is 16.9 Å². The van der Waals surface area contributed by atoms with E-state index in [0.29, 0.717) is 60.3 Å². The van der Waals surface area contributed by atoms with Crippen molar-refractivity contribution in [2.24, 2.45) is 4.99 Å². The zero-order valence-corrected chi connectivity index (χ0v) is 30.9. The number of hydrogen-bond acceptors (Lipinski definition) is 15. The van der Waals surface area contributed by atoms with Crippen molar-refractivity contribution in [1.29, 1.82) is 0 Å². The van der Waals surface area contributed by atoms with Crippen LogP contribution in [0.15, 0.2) is 43.8 Å². The number of aromatic hydroxyl groups is 1. The van der Waals surface area contributed by atoms with Gasteiger partial charge in [-0.3, -0.25) is 33.2 Å². The molecule has 1 fully saturated rings. The first kappa shape index (κ1) is 38.7. The fourth-order valence-corrected chi connectivity index (χ4v) is 7.94. The number of aliphatic hydroxyl groups is 4. The molecular weight excluding hydrogens is 708 g/mol. The molecule has 18 heteroatoms. The highest BCUT2D eigenvalue weighted by Gasteiger charge is 2.43. The van der Waals surface area contributed by atoms with Crippen LogP contribution in [-0.2, 0) is 30.9 Å². The van der Waals surface area contributed by atoms with Crippen molar-refractivity contribution in [3.8, 4) is 17.0 Å². The maximum atomic E-state index is 14.2. The first-order chi connectivity index (χ1) is 25.3. The first-order valence-corrected chi connectivity index (χ1v) is 18.5. The number of aliphatic hydroxyl groups excluding tert-OH is 4. The summed E-state index contributed by atoms with van der Waals surface area (Å²) in [6, 6.07) is 4.78. The number of nitrogens with zero attached hydrogens (tertiary/aromatic N) is 8. The highest BCUT2D eigenvalue weighted by atomic mass is 32.2. The largest absolute Gasteiger partial charge is 0.494 e. The summed E-state index contributed by atoms with van der Waals surface area (Å²) in [4.78, 5) is 50.6. The van der Waals surface area contributed by atoms with E-state index in [9.17, 15) is 39.9 Å². The molecule has 1 aliphatic carbocycles. The van der Waals surface area contributed by atoms with Crippen molar-refractivity contribution in [2.75, 3.05) is 53.6 Å². The lowest BCUT2D eigenvalue weighted by molar-refractivity contribution is -0.205. The Balaban J connectivity index is 1.36. The number of pyridine rings is 2. The lowest BCUT2D eigenvalue weighted by atomic mass is 9.90. The summed E-state index contributed by atoms with van der Waals surface area (Å²) in [5.74, 6) is 0.143. The van der Waals surface area contributed by atoms with E-state index in [1.807, 2.05) is 38.0 Å². The summed E-state index contributed by atoms with van der Waals surface area (Å²) in [7, 11) is 7.67. The van der Waals surface area contributed by atoms with Crippen molar-refractivity contribution >= 4 is 33.3 Å². The molecular formula is C35H46N8O9S. The van der Waals surface area contributed by atoms with Crippen molar-refractivity contribution in [2.45, 2.75) is 68.9 Å². The molecule has 0 spiro atoms. The van der Waals surface area contributed by atoms with Gasteiger partial charge >= 0.3 is 0 Å². The predicted molar refractivity (Wildman–Crippen MR) is 199 cm³/mol. The molecule has 2 aromatic heterocycles. The van der Waals surface area contributed by atoms with E-state index < -0.39 is 53.1 Å². The van der Waals surface area contributed by atoms with Gasteiger partial charge in [-0.2, -0.15) is 0 Å². The lowest BCUT2D eigenvalue weighted by Gasteiger charge is -2.39. The molecule has 0 radical (unpaired) electrons. The topological polar surface area (TPSA) is 221 Å². The summed E-state index contributed by atoms with van der Waals surface area (Å²) in [5.41, 5.74) is -1.30. The minimum Gasteiger partial charge on any atom is -0.494 e. The van der Waals surface area contributed by atoms with Gasteiger partial charge in [0, 0.05) is 40.6 Å². The molecule has 6 rings (SSSR count). The van der Waals surface area contributed by atoms with Crippen molar-refractivity contribution in [1.82, 2.24) is 33.9 Å². The Hall–Kier alpha value is -4.01. The molecule has 2 aliphatic heterocycles. The Morgan fingerprint density at radius 1 is 0.868 bits per heavy atom. The molecule has 4 heterocycles. The monoisotopic (exact) mass is 754 g/mol. The number of benzene rings is 2. The average Bonchev–Trinajstić information content (AvgIpc) is 3.58. The van der Waals surface area contributed by atoms with Gasteiger partial charge in [0.1, 0.15) is 35.5 Å². The third-order valence-electron chi connectivity index (χ3n) is 9.59. The minimum absolute atomic E-state index is 0.00387. The number of ether oxygens (including phenoxy) is 1. The number of aromatic nitrogens is 5. The summed E-state index contributed by atoms with van der Waals surface area (Å²) in [6.45, 7) is 1.62. The molecule has 5 atom stereocenters. The van der Waals surface area contributed by atoms with E-state index in [0.717, 1.165) is 0 Å². The molecule has 286 valence electrons. The summed E-state index contributed by atoms with van der Waals surface area (Å²) < 4.78 is 9.65. The Kier molecular flexibility index (Phi) is 11.8. The highest BCUT2D eigenvalue weighted by molar-refractivity contribution is 7.99. The zero-order valence-electron chi connectivity index (χ0n) is 30.1. The molecule has 0 bridgehead atoms. The van der Waals surface area contributed by atoms with E-state index >= 15 is 0 Å². The SMILES string of the molecule is CN(C)CCCn1c(O)c2ccc3c4c2c(c(=NCc2cn(CCS[C@@H]5O[C@H](CO)[C@@H](O)[C@H](O)[C@H]5O)nn2)cc-4c(=O)n(CCCN(C)C)c3=O)c1=O. The van der Waals surface area contributed by atoms with Crippen LogP contribution in [0.4, 0.5) is 0 Å². The van der Waals surface area contributed by atoms with Crippen LogP contribution in [0.3, 0.4) is 0 Å². The maximum absolute atomic E-state index is 14.2. The second-order valence-electron chi connectivity index (χ2n) is 13.9. The molecule has 53 heavy (non-hydrogen) atoms. The van der Waals surface area contributed by atoms with E-state index in [1.54, 1.807) is 29.1 Å². The third-order valence-corrected chi connectivity index (χ3v) is 10.7. The van der Waals surface area contributed by atoms with Crippen LogP contribution in [0.1, 0.15) is 18.5 Å². The summed E-state index contributed by atoms with van der Waals surface area (Å²) in [5, 5.41) is 61.1. The standard InChI is InChI=1S/C35H46N8O9S/c1-39(2)9-5-11-42-31(48)20-7-8-21-26-25(20)22(33(42)50)15-23(27(26)34(51)43(32(21)49)12-6-10-40(3)4)36-16-19-17-41(38-37-19)13-14-53-35-30(47)29(46)28(45)24(18-44)52-35/h7-8,15,17,24,28-30,35,44-47,49H,5-6,9-14,16,18H2,1-4H3/t24-,28-,29+,30-,35+/m1/s1. The number of thioether (sulfide) groups is 1. The van der Waals surface area contributed by atoms with Gasteiger partial charge < -0.3 is 40.1 Å². The Labute approximate surface area is 308 Å². The highest BCUT2D eigenvalue weighted by Crippen LogP contribution is 2.37. The van der Waals surface area contributed by atoms with Crippen LogP contribution in [0, 0.1) is 0 Å². The van der Waals surface area contributed by atoms with Crippen LogP contribution in [0.25, 0.3) is 32.7 Å². The van der Waals surface area contributed by atoms with E-state index in [1.165, 1.54) is 20.9 Å². The third kappa shape index (κ3) is 7.68. The summed E-state index contributed by atoms with van der Waals surface area (Å²) in [6.07, 6.45) is -2.42. The fraction of sp³-hybridized carbons (Fsp3) is 0.543. The van der Waals surface area contributed by atoms with Crippen molar-refractivity contribution in [3.63, 3.8) is 0 Å². The fourth-order valence-electron chi connectivity index (χ4n) is 6.84. The minimum atomic E-state index is -1.46. The molecule has 0 unspecified atom stereocenters. The number of rotatable bonds is 15. The normalized spacial score (nSPS) is 21.4. The second kappa shape index (κ2) is 16.2. The zero-order chi connectivity index (χ0) is 38.1. The summed E-state index contributed by atoms with van der Waals surface area (Å²) >= 11 is 1.19. The van der Waals surface area contributed by atoms with Crippen molar-refractivity contribution < 1.29 is 30.3 Å². The molecule has 1 aromatic carbocycles. The van der Waals surface area contributed by atoms with Gasteiger partial charge in [-0.05, 0) is 72.3 Å². The van der Waals surface area contributed by atoms with Crippen LogP contribution in [0.5, 0.6) is 5.88 Å². The van der Waals surface area contributed by atoms with Crippen LogP contribution < -0.4 is 22.0 Å². The van der Waals surface area contributed by atoms with Gasteiger partial charge in [-0.1, -0.05) is 5.21 Å². The van der Waals surface area contributed by atoms with Gasteiger partial charge in [0.15, 0.2) is 0 Å². The van der Waals surface area contributed by atoms with E-state index in [2.05, 4.69) is 10.3 Å². The van der Waals surface area contributed by atoms with Gasteiger partial charge in [0.25, 0.3) is 16.7 Å².